The predicted molar refractivity (Wildman–Crippen MR) is 81.1 cm³/mol. The molecular weight excluding hydrogens is 274 g/mol. The van der Waals surface area contributed by atoms with E-state index >= 15 is 0 Å². The first-order valence-electron chi connectivity index (χ1n) is 6.59. The molecule has 5 heteroatoms. The van der Waals surface area contributed by atoms with Crippen LogP contribution in [0.1, 0.15) is 42.4 Å². The summed E-state index contributed by atoms with van der Waals surface area (Å²) in [6, 6.07) is 7.66. The van der Waals surface area contributed by atoms with Crippen molar-refractivity contribution in [1.29, 1.82) is 0 Å². The van der Waals surface area contributed by atoms with Crippen LogP contribution >= 0.6 is 11.6 Å². The fourth-order valence-electron chi connectivity index (χ4n) is 2.05. The van der Waals surface area contributed by atoms with Crippen LogP contribution in [0.25, 0.3) is 0 Å². The molecule has 0 fully saturated rings. The summed E-state index contributed by atoms with van der Waals surface area (Å²) in [7, 11) is 0. The summed E-state index contributed by atoms with van der Waals surface area (Å²) in [6.45, 7) is 3.94. The minimum atomic E-state index is 0.0121. The fraction of sp³-hybridized carbons (Fsp3) is 0.333. The van der Waals surface area contributed by atoms with Crippen LogP contribution in [0.15, 0.2) is 30.5 Å². The molecule has 0 bridgehead atoms. The number of aromatic nitrogens is 2. The first-order valence-corrected chi connectivity index (χ1v) is 6.97. The van der Waals surface area contributed by atoms with E-state index in [1.165, 1.54) is 6.20 Å². The smallest absolute Gasteiger partial charge is 0.182 e. The van der Waals surface area contributed by atoms with E-state index in [1.807, 2.05) is 38.1 Å². The van der Waals surface area contributed by atoms with E-state index in [0.29, 0.717) is 23.6 Å². The van der Waals surface area contributed by atoms with Crippen molar-refractivity contribution in [3.8, 4) is 0 Å². The van der Waals surface area contributed by atoms with E-state index in [9.17, 15) is 4.79 Å². The monoisotopic (exact) mass is 291 g/mol. The number of nitrogens with two attached hydrogens (primary N) is 1. The van der Waals surface area contributed by atoms with Crippen molar-refractivity contribution in [3.63, 3.8) is 0 Å². The summed E-state index contributed by atoms with van der Waals surface area (Å²) < 4.78 is 1.67. The molecule has 2 N–H and O–H groups in total. The molecule has 0 saturated heterocycles. The number of halogens is 1. The van der Waals surface area contributed by atoms with Gasteiger partial charge in [-0.05, 0) is 38.0 Å². The molecule has 0 unspecified atom stereocenters. The van der Waals surface area contributed by atoms with E-state index in [0.717, 1.165) is 11.3 Å². The quantitative estimate of drug-likeness (QED) is 0.677. The van der Waals surface area contributed by atoms with Gasteiger partial charge in [0.1, 0.15) is 5.69 Å². The van der Waals surface area contributed by atoms with Crippen LogP contribution in [0.4, 0.5) is 5.69 Å². The van der Waals surface area contributed by atoms with E-state index in [4.69, 9.17) is 17.3 Å². The van der Waals surface area contributed by atoms with Crippen molar-refractivity contribution in [3.05, 3.63) is 46.7 Å². The lowest BCUT2D eigenvalue weighted by atomic mass is 10.1. The van der Waals surface area contributed by atoms with Gasteiger partial charge in [0, 0.05) is 18.2 Å². The summed E-state index contributed by atoms with van der Waals surface area (Å²) >= 11 is 6.07. The Morgan fingerprint density at radius 2 is 2.00 bits per heavy atom. The molecule has 2 rings (SSSR count). The third-order valence-corrected chi connectivity index (χ3v) is 3.40. The SMILES string of the molecule is CC(C)n1ncc(Cl)c1C(=O)CCc1ccc(N)cc1. The number of anilines is 1. The molecule has 0 atom stereocenters. The second kappa shape index (κ2) is 6.09. The van der Waals surface area contributed by atoms with Gasteiger partial charge in [-0.3, -0.25) is 9.48 Å². The molecule has 0 radical (unpaired) electrons. The molecule has 0 amide bonds. The van der Waals surface area contributed by atoms with E-state index in [2.05, 4.69) is 5.10 Å². The lowest BCUT2D eigenvalue weighted by Gasteiger charge is -2.10. The van der Waals surface area contributed by atoms with Crippen LogP contribution < -0.4 is 5.73 Å². The summed E-state index contributed by atoms with van der Waals surface area (Å²) in [4.78, 5) is 12.3. The Bertz CT molecular complexity index is 602. The number of hydrogen-bond donors (Lipinski definition) is 1. The van der Waals surface area contributed by atoms with Crippen LogP contribution in [-0.4, -0.2) is 15.6 Å². The molecule has 0 aliphatic rings. The molecule has 1 heterocycles. The van der Waals surface area contributed by atoms with Crippen LogP contribution in [0.5, 0.6) is 0 Å². The summed E-state index contributed by atoms with van der Waals surface area (Å²) in [5, 5.41) is 4.57. The maximum atomic E-state index is 12.3. The Kier molecular flexibility index (Phi) is 4.45. The van der Waals surface area contributed by atoms with Crippen molar-refractivity contribution in [2.24, 2.45) is 0 Å². The van der Waals surface area contributed by atoms with Gasteiger partial charge in [0.25, 0.3) is 0 Å². The third kappa shape index (κ3) is 3.20. The molecule has 1 aromatic heterocycles. The van der Waals surface area contributed by atoms with Gasteiger partial charge in [0.05, 0.1) is 11.2 Å². The van der Waals surface area contributed by atoms with Gasteiger partial charge >= 0.3 is 0 Å². The number of benzene rings is 1. The van der Waals surface area contributed by atoms with Crippen LogP contribution in [0, 0.1) is 0 Å². The maximum Gasteiger partial charge on any atom is 0.182 e. The third-order valence-electron chi connectivity index (χ3n) is 3.12. The molecule has 0 aliphatic heterocycles. The Morgan fingerprint density at radius 3 is 2.60 bits per heavy atom. The highest BCUT2D eigenvalue weighted by molar-refractivity contribution is 6.33. The number of Topliss-reactive ketones (excluding diaryl/α,β-unsaturated/α-hetero) is 1. The molecule has 20 heavy (non-hydrogen) atoms. The van der Waals surface area contributed by atoms with Crippen molar-refractivity contribution < 1.29 is 4.79 Å². The highest BCUT2D eigenvalue weighted by Crippen LogP contribution is 2.21. The topological polar surface area (TPSA) is 60.9 Å². The Labute approximate surface area is 123 Å². The van der Waals surface area contributed by atoms with Crippen molar-refractivity contribution >= 4 is 23.1 Å². The number of rotatable bonds is 5. The largest absolute Gasteiger partial charge is 0.399 e. The van der Waals surface area contributed by atoms with Gasteiger partial charge in [-0.1, -0.05) is 23.7 Å². The van der Waals surface area contributed by atoms with E-state index in [-0.39, 0.29) is 11.8 Å². The molecular formula is C15H18ClN3O. The second-order valence-corrected chi connectivity index (χ2v) is 5.45. The van der Waals surface area contributed by atoms with Gasteiger partial charge in [0.2, 0.25) is 0 Å². The van der Waals surface area contributed by atoms with E-state index < -0.39 is 0 Å². The zero-order chi connectivity index (χ0) is 14.7. The van der Waals surface area contributed by atoms with Gasteiger partial charge in [0.15, 0.2) is 5.78 Å². The van der Waals surface area contributed by atoms with Gasteiger partial charge in [-0.15, -0.1) is 0 Å². The summed E-state index contributed by atoms with van der Waals surface area (Å²) in [5.74, 6) is 0.0121. The molecule has 0 saturated carbocycles. The number of aryl methyl sites for hydroxylation is 1. The zero-order valence-electron chi connectivity index (χ0n) is 11.6. The van der Waals surface area contributed by atoms with Crippen LogP contribution in [0.3, 0.4) is 0 Å². The first-order chi connectivity index (χ1) is 9.49. The Morgan fingerprint density at radius 1 is 1.35 bits per heavy atom. The molecule has 0 aliphatic carbocycles. The predicted octanol–water partition coefficient (Wildman–Crippen LogP) is 3.52. The molecule has 4 nitrogen and oxygen atoms in total. The minimum Gasteiger partial charge on any atom is -0.399 e. The molecule has 0 spiro atoms. The molecule has 2 aromatic rings. The average molecular weight is 292 g/mol. The summed E-state index contributed by atoms with van der Waals surface area (Å²) in [6.07, 6.45) is 2.60. The number of nitrogen functional groups attached to an aromatic ring is 1. The first kappa shape index (κ1) is 14.6. The number of hydrogen-bond acceptors (Lipinski definition) is 3. The normalized spacial score (nSPS) is 11.0. The van der Waals surface area contributed by atoms with Crippen LogP contribution in [-0.2, 0) is 6.42 Å². The standard InChI is InChI=1S/C15H18ClN3O/c1-10(2)19-15(13(16)9-18-19)14(20)8-5-11-3-6-12(17)7-4-11/h3-4,6-7,9-10H,5,8,17H2,1-2H3. The second-order valence-electron chi connectivity index (χ2n) is 5.04. The van der Waals surface area contributed by atoms with Gasteiger partial charge in [-0.25, -0.2) is 0 Å². The van der Waals surface area contributed by atoms with Gasteiger partial charge < -0.3 is 5.73 Å². The van der Waals surface area contributed by atoms with E-state index in [1.54, 1.807) is 4.68 Å². The highest BCUT2D eigenvalue weighted by atomic mass is 35.5. The number of carbonyl (C=O) groups is 1. The van der Waals surface area contributed by atoms with Crippen molar-refractivity contribution in [2.75, 3.05) is 5.73 Å². The minimum absolute atomic E-state index is 0.0121. The van der Waals surface area contributed by atoms with Gasteiger partial charge in [-0.2, -0.15) is 5.10 Å². The Hall–Kier alpha value is -1.81. The zero-order valence-corrected chi connectivity index (χ0v) is 12.4. The maximum absolute atomic E-state index is 12.3. The molecule has 106 valence electrons. The Balaban J connectivity index is 2.09. The lowest BCUT2D eigenvalue weighted by molar-refractivity contribution is 0.0970. The summed E-state index contributed by atoms with van der Waals surface area (Å²) in [5.41, 5.74) is 7.94. The lowest BCUT2D eigenvalue weighted by Crippen LogP contribution is -2.13. The number of nitrogens with zero attached hydrogens (tertiary/aromatic N) is 2. The fourth-order valence-corrected chi connectivity index (χ4v) is 2.29. The van der Waals surface area contributed by atoms with Crippen molar-refractivity contribution in [2.45, 2.75) is 32.7 Å². The molecule has 1 aromatic carbocycles. The number of carbonyl (C=O) groups excluding carboxylic acids is 1. The highest BCUT2D eigenvalue weighted by Gasteiger charge is 2.18. The number of ketones is 1. The van der Waals surface area contributed by atoms with Crippen LogP contribution in [0.2, 0.25) is 5.02 Å². The van der Waals surface area contributed by atoms with Crippen molar-refractivity contribution in [1.82, 2.24) is 9.78 Å². The average Bonchev–Trinajstić information content (AvgIpc) is 2.80.